The number of hydrogen-bond donors (Lipinski definition) is 3. The second kappa shape index (κ2) is 7.01. The van der Waals surface area contributed by atoms with Crippen LogP contribution >= 0.6 is 0 Å². The fourth-order valence-electron chi connectivity index (χ4n) is 2.68. The van der Waals surface area contributed by atoms with Gasteiger partial charge in [-0.05, 0) is 20.3 Å². The van der Waals surface area contributed by atoms with Crippen molar-refractivity contribution in [2.45, 2.75) is 63.1 Å². The van der Waals surface area contributed by atoms with Crippen LogP contribution in [-0.2, 0) is 33.3 Å². The average Bonchev–Trinajstić information content (AvgIpc) is 2.98. The molecule has 2 saturated heterocycles. The fourth-order valence-corrected chi connectivity index (χ4v) is 2.68. The lowest BCUT2D eigenvalue weighted by Crippen LogP contribution is -2.44. The van der Waals surface area contributed by atoms with Gasteiger partial charge in [-0.1, -0.05) is 0 Å². The summed E-state index contributed by atoms with van der Waals surface area (Å²) < 4.78 is 21.6. The molecule has 0 radical (unpaired) electrons. The number of methoxy groups -OCH3 is 1. The molecule has 5 atom stereocenters. The van der Waals surface area contributed by atoms with Crippen LogP contribution in [0.2, 0.25) is 0 Å². The Labute approximate surface area is 139 Å². The molecule has 0 aromatic heterocycles. The van der Waals surface area contributed by atoms with Crippen molar-refractivity contribution in [2.24, 2.45) is 11.5 Å². The van der Waals surface area contributed by atoms with E-state index in [1.165, 1.54) is 7.11 Å². The van der Waals surface area contributed by atoms with Crippen LogP contribution in [0, 0.1) is 0 Å². The Balaban J connectivity index is 1.98. The summed E-state index contributed by atoms with van der Waals surface area (Å²) in [7, 11) is 1.23. The zero-order valence-electron chi connectivity index (χ0n) is 13.8. The van der Waals surface area contributed by atoms with Gasteiger partial charge in [0, 0.05) is 6.42 Å². The molecule has 0 aromatic carbocycles. The molecule has 0 spiro atoms. The molecule has 2 aliphatic rings. The van der Waals surface area contributed by atoms with Crippen molar-refractivity contribution < 1.29 is 33.3 Å². The van der Waals surface area contributed by atoms with Crippen LogP contribution in [0.4, 0.5) is 0 Å². The lowest BCUT2D eigenvalue weighted by atomic mass is 10.1. The molecule has 0 bridgehead atoms. The van der Waals surface area contributed by atoms with Crippen LogP contribution in [0.3, 0.4) is 0 Å². The third kappa shape index (κ3) is 4.01. The topological polar surface area (TPSA) is 152 Å². The van der Waals surface area contributed by atoms with E-state index in [0.29, 0.717) is 0 Å². The van der Waals surface area contributed by atoms with E-state index in [9.17, 15) is 14.4 Å². The molecule has 0 aliphatic carbocycles. The van der Waals surface area contributed by atoms with Gasteiger partial charge in [-0.3, -0.25) is 9.59 Å². The molecule has 2 rings (SSSR count). The van der Waals surface area contributed by atoms with Crippen LogP contribution < -0.4 is 16.8 Å². The summed E-state index contributed by atoms with van der Waals surface area (Å²) >= 11 is 0. The number of rotatable bonds is 6. The number of carbonyl (C=O) groups is 3. The number of primary amides is 1. The number of amides is 2. The van der Waals surface area contributed by atoms with Crippen LogP contribution in [0.25, 0.3) is 0 Å². The number of carbonyl (C=O) groups excluding carboxylic acids is 3. The minimum absolute atomic E-state index is 0.0194. The maximum Gasteiger partial charge on any atom is 0.337 e. The van der Waals surface area contributed by atoms with Gasteiger partial charge < -0.3 is 35.7 Å². The Morgan fingerprint density at radius 3 is 2.46 bits per heavy atom. The van der Waals surface area contributed by atoms with Crippen LogP contribution in [0.1, 0.15) is 26.7 Å². The first kappa shape index (κ1) is 18.6. The van der Waals surface area contributed by atoms with E-state index < -0.39 is 54.2 Å². The fraction of sp³-hybridized carbons (Fsp3) is 0.786. The Bertz CT molecular complexity index is 524. The van der Waals surface area contributed by atoms with Gasteiger partial charge in [0.25, 0.3) is 0 Å². The molecule has 136 valence electrons. The first-order chi connectivity index (χ1) is 11.1. The maximum atomic E-state index is 12.0. The molecule has 10 heteroatoms. The maximum absolute atomic E-state index is 12.0. The molecule has 2 heterocycles. The second-order valence-electron chi connectivity index (χ2n) is 6.18. The van der Waals surface area contributed by atoms with Gasteiger partial charge >= 0.3 is 5.97 Å². The van der Waals surface area contributed by atoms with Gasteiger partial charge in [-0.25, -0.2) is 4.79 Å². The number of nitrogens with one attached hydrogen (secondary N) is 1. The third-order valence-corrected chi connectivity index (χ3v) is 3.84. The predicted molar refractivity (Wildman–Crippen MR) is 79.0 cm³/mol. The lowest BCUT2D eigenvalue weighted by molar-refractivity contribution is -0.198. The monoisotopic (exact) mass is 345 g/mol. The van der Waals surface area contributed by atoms with Crippen molar-refractivity contribution in [3.8, 4) is 0 Å². The van der Waals surface area contributed by atoms with Gasteiger partial charge in [-0.2, -0.15) is 0 Å². The van der Waals surface area contributed by atoms with Crippen LogP contribution in [-0.4, -0.2) is 61.3 Å². The van der Waals surface area contributed by atoms with Gasteiger partial charge in [-0.15, -0.1) is 0 Å². The molecule has 0 saturated carbocycles. The summed E-state index contributed by atoms with van der Waals surface area (Å²) in [6.07, 6.45) is -3.14. The zero-order valence-corrected chi connectivity index (χ0v) is 13.8. The minimum Gasteiger partial charge on any atom is -0.467 e. The molecule has 2 fully saturated rings. The van der Waals surface area contributed by atoms with E-state index in [2.05, 4.69) is 10.1 Å². The van der Waals surface area contributed by atoms with E-state index in [0.717, 1.165) is 0 Å². The smallest absolute Gasteiger partial charge is 0.337 e. The quantitative estimate of drug-likeness (QED) is 0.473. The highest BCUT2D eigenvalue weighted by atomic mass is 16.8. The molecular weight excluding hydrogens is 322 g/mol. The summed E-state index contributed by atoms with van der Waals surface area (Å²) in [5, 5.41) is 2.61. The SMILES string of the molecule is COC(=O)[C@H]1OC(NC(=O)CC[C@H](N)C(N)=O)[C@@H]2OC(C)(C)O[C@H]12. The molecule has 10 nitrogen and oxygen atoms in total. The first-order valence-electron chi connectivity index (χ1n) is 7.58. The van der Waals surface area contributed by atoms with Gasteiger partial charge in [0.15, 0.2) is 18.1 Å². The summed E-state index contributed by atoms with van der Waals surface area (Å²) in [4.78, 5) is 34.7. The first-order valence-corrected chi connectivity index (χ1v) is 7.58. The Hall–Kier alpha value is -1.75. The van der Waals surface area contributed by atoms with E-state index in [4.69, 9.17) is 25.7 Å². The highest BCUT2D eigenvalue weighted by Gasteiger charge is 2.58. The molecule has 0 aromatic rings. The summed E-state index contributed by atoms with van der Waals surface area (Å²) in [5.74, 6) is -2.61. The van der Waals surface area contributed by atoms with E-state index >= 15 is 0 Å². The summed E-state index contributed by atoms with van der Waals surface area (Å²) in [6, 6.07) is -0.902. The van der Waals surface area contributed by atoms with Gasteiger partial charge in [0.1, 0.15) is 12.2 Å². The normalized spacial score (nSPS) is 32.0. The highest BCUT2D eigenvalue weighted by Crippen LogP contribution is 2.38. The molecule has 2 amide bonds. The second-order valence-corrected chi connectivity index (χ2v) is 6.18. The third-order valence-electron chi connectivity index (χ3n) is 3.84. The summed E-state index contributed by atoms with van der Waals surface area (Å²) in [5.41, 5.74) is 10.5. The number of hydrogen-bond acceptors (Lipinski definition) is 8. The standard InChI is InChI=1S/C14H23N3O7/c1-14(2)23-8-9(24-14)12(22-10(8)13(20)21-3)17-7(18)5-4-6(15)11(16)19/h6,8-10,12H,4-5,15H2,1-3H3,(H2,16,19)(H,17,18)/t6-,8-,9+,10-,12?/m0/s1. The molecule has 2 aliphatic heterocycles. The lowest BCUT2D eigenvalue weighted by Gasteiger charge is -2.23. The Kier molecular flexibility index (Phi) is 5.43. The minimum atomic E-state index is -1.00. The number of fused-ring (bicyclic) bond motifs is 1. The number of ether oxygens (including phenoxy) is 4. The zero-order chi connectivity index (χ0) is 18.1. The van der Waals surface area contributed by atoms with Crippen molar-refractivity contribution >= 4 is 17.8 Å². The van der Waals surface area contributed by atoms with E-state index in [1.54, 1.807) is 13.8 Å². The van der Waals surface area contributed by atoms with Crippen molar-refractivity contribution in [1.82, 2.24) is 5.32 Å². The Morgan fingerprint density at radius 1 is 1.25 bits per heavy atom. The summed E-state index contributed by atoms with van der Waals surface area (Å²) in [6.45, 7) is 3.40. The molecule has 5 N–H and O–H groups in total. The largest absolute Gasteiger partial charge is 0.467 e. The highest BCUT2D eigenvalue weighted by molar-refractivity contribution is 5.81. The van der Waals surface area contributed by atoms with Crippen molar-refractivity contribution in [3.05, 3.63) is 0 Å². The predicted octanol–water partition coefficient (Wildman–Crippen LogP) is -1.89. The Morgan fingerprint density at radius 2 is 1.88 bits per heavy atom. The molecule has 24 heavy (non-hydrogen) atoms. The van der Waals surface area contributed by atoms with Gasteiger partial charge in [0.05, 0.1) is 13.2 Å². The average molecular weight is 345 g/mol. The van der Waals surface area contributed by atoms with E-state index in [1.807, 2.05) is 0 Å². The van der Waals surface area contributed by atoms with Crippen molar-refractivity contribution in [3.63, 3.8) is 0 Å². The molecule has 1 unspecified atom stereocenters. The van der Waals surface area contributed by atoms with E-state index in [-0.39, 0.29) is 12.8 Å². The van der Waals surface area contributed by atoms with Crippen LogP contribution in [0.15, 0.2) is 0 Å². The molecular formula is C14H23N3O7. The van der Waals surface area contributed by atoms with Crippen LogP contribution in [0.5, 0.6) is 0 Å². The van der Waals surface area contributed by atoms with Crippen molar-refractivity contribution in [1.29, 1.82) is 0 Å². The number of esters is 1. The number of nitrogens with two attached hydrogens (primary N) is 2. The van der Waals surface area contributed by atoms with Crippen molar-refractivity contribution in [2.75, 3.05) is 7.11 Å². The van der Waals surface area contributed by atoms with Gasteiger partial charge in [0.2, 0.25) is 11.8 Å².